The first-order valence-electron chi connectivity index (χ1n) is 11.6. The largest absolute Gasteiger partial charge is 0.462 e. The normalized spacial score (nSPS) is 17.8. The molecule has 7 nitrogen and oxygen atoms in total. The number of nitrogens with one attached hydrogen (secondary N) is 2. The zero-order valence-electron chi connectivity index (χ0n) is 19.4. The second-order valence-electron chi connectivity index (χ2n) is 8.36. The summed E-state index contributed by atoms with van der Waals surface area (Å²) in [6, 6.07) is 16.4. The molecule has 0 spiro atoms. The Hall–Kier alpha value is -3.35. The van der Waals surface area contributed by atoms with E-state index in [0.29, 0.717) is 43.9 Å². The predicted molar refractivity (Wildman–Crippen MR) is 128 cm³/mol. The lowest BCUT2D eigenvalue weighted by molar-refractivity contribution is -0.123. The van der Waals surface area contributed by atoms with Crippen LogP contribution in [0.1, 0.15) is 49.0 Å². The van der Waals surface area contributed by atoms with Crippen LogP contribution in [-0.4, -0.2) is 42.5 Å². The Morgan fingerprint density at radius 3 is 2.55 bits per heavy atom. The molecule has 0 saturated carbocycles. The van der Waals surface area contributed by atoms with Crippen molar-refractivity contribution >= 4 is 23.6 Å². The Kier molecular flexibility index (Phi) is 8.87. The quantitative estimate of drug-likeness (QED) is 0.581. The number of benzene rings is 2. The van der Waals surface area contributed by atoms with Crippen LogP contribution < -0.4 is 10.6 Å². The molecule has 2 aromatic rings. The fourth-order valence-corrected chi connectivity index (χ4v) is 4.24. The summed E-state index contributed by atoms with van der Waals surface area (Å²) >= 11 is 0. The van der Waals surface area contributed by atoms with Crippen LogP contribution >= 0.6 is 0 Å². The van der Waals surface area contributed by atoms with Crippen molar-refractivity contribution in [3.8, 4) is 0 Å². The zero-order chi connectivity index (χ0) is 23.6. The summed E-state index contributed by atoms with van der Waals surface area (Å²) in [4.78, 5) is 39.1. The van der Waals surface area contributed by atoms with E-state index in [0.717, 1.165) is 18.4 Å². The SMILES string of the molecule is CCOC(=O)c1cccc(NC(=O)N2CC[C@@H](CC(=O)NCc3ccccc3)[C@H](CC)C2)c1. The second-order valence-corrected chi connectivity index (χ2v) is 8.36. The molecule has 0 aliphatic carbocycles. The topological polar surface area (TPSA) is 87.7 Å². The number of piperidine rings is 1. The van der Waals surface area contributed by atoms with Crippen molar-refractivity contribution in [2.45, 2.75) is 39.7 Å². The molecule has 0 unspecified atom stereocenters. The van der Waals surface area contributed by atoms with E-state index in [1.54, 1.807) is 36.1 Å². The lowest BCUT2D eigenvalue weighted by Crippen LogP contribution is -2.46. The number of ether oxygens (including phenoxy) is 1. The molecule has 33 heavy (non-hydrogen) atoms. The highest BCUT2D eigenvalue weighted by Gasteiger charge is 2.31. The van der Waals surface area contributed by atoms with Gasteiger partial charge in [0.1, 0.15) is 0 Å². The minimum Gasteiger partial charge on any atom is -0.462 e. The Morgan fingerprint density at radius 2 is 1.82 bits per heavy atom. The van der Waals surface area contributed by atoms with Crippen molar-refractivity contribution in [2.24, 2.45) is 11.8 Å². The summed E-state index contributed by atoms with van der Waals surface area (Å²) in [6.07, 6.45) is 2.16. The molecule has 176 valence electrons. The number of likely N-dealkylation sites (tertiary alicyclic amines) is 1. The molecule has 0 bridgehead atoms. The van der Waals surface area contributed by atoms with Gasteiger partial charge in [-0.15, -0.1) is 0 Å². The van der Waals surface area contributed by atoms with Gasteiger partial charge in [-0.1, -0.05) is 49.7 Å². The molecule has 1 fully saturated rings. The Labute approximate surface area is 195 Å². The van der Waals surface area contributed by atoms with E-state index in [2.05, 4.69) is 17.6 Å². The van der Waals surface area contributed by atoms with Gasteiger partial charge in [-0.3, -0.25) is 4.79 Å². The molecule has 1 saturated heterocycles. The maximum atomic E-state index is 12.8. The summed E-state index contributed by atoms with van der Waals surface area (Å²) in [5, 5.41) is 5.90. The summed E-state index contributed by atoms with van der Waals surface area (Å²) in [6.45, 7) is 5.89. The van der Waals surface area contributed by atoms with Crippen LogP contribution in [-0.2, 0) is 16.1 Å². The van der Waals surface area contributed by atoms with E-state index in [4.69, 9.17) is 4.74 Å². The average molecular weight is 452 g/mol. The first-order chi connectivity index (χ1) is 16.0. The minimum atomic E-state index is -0.411. The number of amides is 3. The fraction of sp³-hybridized carbons (Fsp3) is 0.423. The number of hydrogen-bond acceptors (Lipinski definition) is 4. The highest BCUT2D eigenvalue weighted by atomic mass is 16.5. The molecular formula is C26H33N3O4. The first-order valence-corrected chi connectivity index (χ1v) is 11.6. The van der Waals surface area contributed by atoms with E-state index in [1.165, 1.54) is 0 Å². The Bertz CT molecular complexity index is 948. The highest BCUT2D eigenvalue weighted by molar-refractivity contribution is 5.94. The molecule has 2 N–H and O–H groups in total. The third-order valence-electron chi connectivity index (χ3n) is 6.11. The van der Waals surface area contributed by atoms with Crippen molar-refractivity contribution in [3.05, 3.63) is 65.7 Å². The number of hydrogen-bond donors (Lipinski definition) is 2. The summed E-state index contributed by atoms with van der Waals surface area (Å²) in [5.41, 5.74) is 2.04. The number of rotatable bonds is 8. The number of carbonyl (C=O) groups is 3. The highest BCUT2D eigenvalue weighted by Crippen LogP contribution is 2.29. The molecule has 0 aromatic heterocycles. The van der Waals surface area contributed by atoms with Crippen LogP contribution in [0.4, 0.5) is 10.5 Å². The fourth-order valence-electron chi connectivity index (χ4n) is 4.24. The predicted octanol–water partition coefficient (Wildman–Crippen LogP) is 4.45. The van der Waals surface area contributed by atoms with Crippen LogP contribution in [0.2, 0.25) is 0 Å². The molecule has 2 atom stereocenters. The van der Waals surface area contributed by atoms with Crippen molar-refractivity contribution in [3.63, 3.8) is 0 Å². The van der Waals surface area contributed by atoms with Crippen LogP contribution in [0.3, 0.4) is 0 Å². The smallest absolute Gasteiger partial charge is 0.338 e. The van der Waals surface area contributed by atoms with Crippen LogP contribution in [0.25, 0.3) is 0 Å². The van der Waals surface area contributed by atoms with Crippen molar-refractivity contribution in [2.75, 3.05) is 25.0 Å². The summed E-state index contributed by atoms with van der Waals surface area (Å²) in [5.74, 6) is 0.154. The van der Waals surface area contributed by atoms with Gasteiger partial charge in [0.2, 0.25) is 5.91 Å². The third kappa shape index (κ3) is 7.07. The van der Waals surface area contributed by atoms with Gasteiger partial charge in [0, 0.05) is 31.7 Å². The van der Waals surface area contributed by atoms with Gasteiger partial charge >= 0.3 is 12.0 Å². The zero-order valence-corrected chi connectivity index (χ0v) is 19.4. The third-order valence-corrected chi connectivity index (χ3v) is 6.11. The Balaban J connectivity index is 1.51. The molecule has 3 rings (SSSR count). The molecule has 1 heterocycles. The molecule has 7 heteroatoms. The average Bonchev–Trinajstić information content (AvgIpc) is 2.84. The molecule has 0 radical (unpaired) electrons. The Morgan fingerprint density at radius 1 is 1.03 bits per heavy atom. The molecule has 3 amide bonds. The van der Waals surface area contributed by atoms with Crippen LogP contribution in [0, 0.1) is 11.8 Å². The van der Waals surface area contributed by atoms with Gasteiger partial charge in [0.15, 0.2) is 0 Å². The van der Waals surface area contributed by atoms with Crippen LogP contribution in [0.15, 0.2) is 54.6 Å². The standard InChI is InChI=1S/C26H33N3O4/c1-3-20-18-29(26(32)28-23-12-8-11-22(15-23)25(31)33-4-2)14-13-21(20)16-24(30)27-17-19-9-6-5-7-10-19/h5-12,15,20-21H,3-4,13-14,16-18H2,1-2H3,(H,27,30)(H,28,32)/t20-,21+/m1/s1. The maximum Gasteiger partial charge on any atom is 0.338 e. The van der Waals surface area contributed by atoms with Gasteiger partial charge in [0.05, 0.1) is 12.2 Å². The van der Waals surface area contributed by atoms with Crippen molar-refractivity contribution in [1.29, 1.82) is 0 Å². The van der Waals surface area contributed by atoms with Gasteiger partial charge in [-0.25, -0.2) is 9.59 Å². The second kappa shape index (κ2) is 12.0. The van der Waals surface area contributed by atoms with Crippen molar-refractivity contribution < 1.29 is 19.1 Å². The lowest BCUT2D eigenvalue weighted by Gasteiger charge is -2.38. The number of esters is 1. The van der Waals surface area contributed by atoms with E-state index >= 15 is 0 Å². The number of anilines is 1. The number of nitrogens with zero attached hydrogens (tertiary/aromatic N) is 1. The van der Waals surface area contributed by atoms with Gasteiger partial charge in [0.25, 0.3) is 0 Å². The maximum absolute atomic E-state index is 12.8. The van der Waals surface area contributed by atoms with Crippen LogP contribution in [0.5, 0.6) is 0 Å². The van der Waals surface area contributed by atoms with E-state index < -0.39 is 5.97 Å². The van der Waals surface area contributed by atoms with E-state index in [9.17, 15) is 14.4 Å². The van der Waals surface area contributed by atoms with Gasteiger partial charge in [-0.05, 0) is 48.9 Å². The van der Waals surface area contributed by atoms with E-state index in [-0.39, 0.29) is 23.8 Å². The molecule has 1 aliphatic heterocycles. The number of urea groups is 1. The number of carbonyl (C=O) groups excluding carboxylic acids is 3. The summed E-state index contributed by atoms with van der Waals surface area (Å²) in [7, 11) is 0. The van der Waals surface area contributed by atoms with Gasteiger partial charge < -0.3 is 20.3 Å². The first kappa shape index (κ1) is 24.3. The minimum absolute atomic E-state index is 0.0518. The van der Waals surface area contributed by atoms with Crippen molar-refractivity contribution in [1.82, 2.24) is 10.2 Å². The summed E-state index contributed by atoms with van der Waals surface area (Å²) < 4.78 is 5.02. The van der Waals surface area contributed by atoms with Gasteiger partial charge in [-0.2, -0.15) is 0 Å². The lowest BCUT2D eigenvalue weighted by atomic mass is 9.81. The molecular weight excluding hydrogens is 418 g/mol. The van der Waals surface area contributed by atoms with E-state index in [1.807, 2.05) is 30.3 Å². The monoisotopic (exact) mass is 451 g/mol. The molecule has 1 aliphatic rings. The molecule has 2 aromatic carbocycles.